The van der Waals surface area contributed by atoms with Crippen LogP contribution in [0.25, 0.3) is 0 Å². The summed E-state index contributed by atoms with van der Waals surface area (Å²) in [6, 6.07) is 13.6. The third-order valence-electron chi connectivity index (χ3n) is 6.72. The monoisotopic (exact) mass is 489 g/mol. The van der Waals surface area contributed by atoms with E-state index in [9.17, 15) is 9.59 Å². The standard InChI is InChI=1S/C28H31N3O3S/c1-18(2)34-24-10-7-21(8-11-24)28(33)31-14-12-20(13-15-31)27-30-25(17-35-27)26(32)29-23-9-6-19-4-3-5-22(19)16-23/h6-11,16-18,20H,3-5,12-15H2,1-2H3,(H,29,32). The predicted molar refractivity (Wildman–Crippen MR) is 139 cm³/mol. The van der Waals surface area contributed by atoms with E-state index >= 15 is 0 Å². The van der Waals surface area contributed by atoms with Gasteiger partial charge in [0.1, 0.15) is 11.4 Å². The molecule has 182 valence electrons. The maximum absolute atomic E-state index is 12.9. The summed E-state index contributed by atoms with van der Waals surface area (Å²) < 4.78 is 5.67. The van der Waals surface area contributed by atoms with E-state index in [1.165, 1.54) is 28.9 Å². The Labute approximate surface area is 210 Å². The number of nitrogens with zero attached hydrogens (tertiary/aromatic N) is 2. The number of aromatic nitrogens is 1. The second-order valence-corrected chi connectivity index (χ2v) is 10.5. The van der Waals surface area contributed by atoms with Crippen molar-refractivity contribution in [2.45, 2.75) is 58.0 Å². The van der Waals surface area contributed by atoms with Crippen LogP contribution in [0.15, 0.2) is 47.8 Å². The lowest BCUT2D eigenvalue weighted by atomic mass is 9.97. The molecule has 2 heterocycles. The van der Waals surface area contributed by atoms with E-state index in [1.807, 2.05) is 54.5 Å². The first-order chi connectivity index (χ1) is 17.0. The average Bonchev–Trinajstić information content (AvgIpc) is 3.54. The van der Waals surface area contributed by atoms with Crippen LogP contribution >= 0.6 is 11.3 Å². The molecule has 1 aromatic heterocycles. The molecule has 3 aromatic rings. The SMILES string of the molecule is CC(C)Oc1ccc(C(=O)N2CCC(c3nc(C(=O)Nc4ccc5c(c4)CCC5)cs3)CC2)cc1. The Morgan fingerprint density at radius 3 is 2.54 bits per heavy atom. The maximum atomic E-state index is 12.9. The summed E-state index contributed by atoms with van der Waals surface area (Å²) in [7, 11) is 0. The Balaban J connectivity index is 1.15. The highest BCUT2D eigenvalue weighted by Crippen LogP contribution is 2.31. The van der Waals surface area contributed by atoms with Crippen LogP contribution < -0.4 is 10.1 Å². The molecule has 0 spiro atoms. The number of carbonyl (C=O) groups excluding carboxylic acids is 2. The zero-order valence-corrected chi connectivity index (χ0v) is 21.1. The molecule has 1 fully saturated rings. The molecule has 2 aromatic carbocycles. The summed E-state index contributed by atoms with van der Waals surface area (Å²) in [4.78, 5) is 32.3. The van der Waals surface area contributed by atoms with Gasteiger partial charge >= 0.3 is 0 Å². The minimum absolute atomic E-state index is 0.0492. The predicted octanol–water partition coefficient (Wildman–Crippen LogP) is 5.69. The number of nitrogens with one attached hydrogen (secondary N) is 1. The molecular formula is C28H31N3O3S. The molecule has 0 atom stereocenters. The molecule has 5 rings (SSSR count). The van der Waals surface area contributed by atoms with Gasteiger partial charge in [-0.15, -0.1) is 11.3 Å². The molecular weight excluding hydrogens is 458 g/mol. The Hall–Kier alpha value is -3.19. The van der Waals surface area contributed by atoms with Gasteiger partial charge in [0.15, 0.2) is 0 Å². The Morgan fingerprint density at radius 2 is 1.80 bits per heavy atom. The van der Waals surface area contributed by atoms with Gasteiger partial charge < -0.3 is 15.0 Å². The summed E-state index contributed by atoms with van der Waals surface area (Å²) in [5.74, 6) is 0.929. The number of piperidine rings is 1. The van der Waals surface area contributed by atoms with Crippen LogP contribution in [0.4, 0.5) is 5.69 Å². The zero-order valence-electron chi connectivity index (χ0n) is 20.3. The number of rotatable bonds is 6. The first-order valence-corrected chi connectivity index (χ1v) is 13.3. The first-order valence-electron chi connectivity index (χ1n) is 12.4. The van der Waals surface area contributed by atoms with Crippen LogP contribution in [0.5, 0.6) is 5.75 Å². The van der Waals surface area contributed by atoms with Crippen LogP contribution in [0.2, 0.25) is 0 Å². The van der Waals surface area contributed by atoms with Crippen molar-refractivity contribution in [1.82, 2.24) is 9.88 Å². The highest BCUT2D eigenvalue weighted by atomic mass is 32.1. The number of ether oxygens (including phenoxy) is 1. The third kappa shape index (κ3) is 5.40. The van der Waals surface area contributed by atoms with Crippen molar-refractivity contribution in [3.8, 4) is 5.75 Å². The van der Waals surface area contributed by atoms with E-state index in [-0.39, 0.29) is 23.8 Å². The number of carbonyl (C=O) groups is 2. The maximum Gasteiger partial charge on any atom is 0.275 e. The van der Waals surface area contributed by atoms with E-state index in [2.05, 4.69) is 22.4 Å². The minimum Gasteiger partial charge on any atom is -0.491 e. The van der Waals surface area contributed by atoms with Crippen molar-refractivity contribution in [3.63, 3.8) is 0 Å². The molecule has 0 saturated carbocycles. The Kier molecular flexibility index (Phi) is 6.86. The molecule has 1 saturated heterocycles. The van der Waals surface area contributed by atoms with Crippen LogP contribution in [0.3, 0.4) is 0 Å². The van der Waals surface area contributed by atoms with Crippen molar-refractivity contribution < 1.29 is 14.3 Å². The van der Waals surface area contributed by atoms with Crippen molar-refractivity contribution in [1.29, 1.82) is 0 Å². The van der Waals surface area contributed by atoms with Gasteiger partial charge in [-0.3, -0.25) is 9.59 Å². The summed E-state index contributed by atoms with van der Waals surface area (Å²) in [6.45, 7) is 5.33. The second-order valence-electron chi connectivity index (χ2n) is 9.62. The number of benzene rings is 2. The molecule has 1 aliphatic heterocycles. The van der Waals surface area contributed by atoms with Gasteiger partial charge in [-0.25, -0.2) is 4.98 Å². The smallest absolute Gasteiger partial charge is 0.275 e. The largest absolute Gasteiger partial charge is 0.491 e. The van der Waals surface area contributed by atoms with Crippen LogP contribution in [-0.4, -0.2) is 40.9 Å². The van der Waals surface area contributed by atoms with E-state index in [0.717, 1.165) is 42.1 Å². The van der Waals surface area contributed by atoms with Crippen LogP contribution in [0, 0.1) is 0 Å². The topological polar surface area (TPSA) is 71.5 Å². The number of anilines is 1. The van der Waals surface area contributed by atoms with E-state index in [1.54, 1.807) is 0 Å². The molecule has 1 N–H and O–H groups in total. The fourth-order valence-electron chi connectivity index (χ4n) is 4.88. The number of hydrogen-bond acceptors (Lipinski definition) is 5. The third-order valence-corrected chi connectivity index (χ3v) is 7.72. The lowest BCUT2D eigenvalue weighted by Gasteiger charge is -2.31. The molecule has 0 unspecified atom stereocenters. The molecule has 0 radical (unpaired) electrons. The van der Waals surface area contributed by atoms with Gasteiger partial charge in [0.05, 0.1) is 11.1 Å². The number of hydrogen-bond donors (Lipinski definition) is 1. The molecule has 2 aliphatic rings. The first kappa shape index (κ1) is 23.5. The Bertz CT molecular complexity index is 1210. The van der Waals surface area contributed by atoms with Gasteiger partial charge in [-0.1, -0.05) is 6.07 Å². The number of fused-ring (bicyclic) bond motifs is 1. The molecule has 6 nitrogen and oxygen atoms in total. The fourth-order valence-corrected chi connectivity index (χ4v) is 5.86. The van der Waals surface area contributed by atoms with Gasteiger partial charge in [0.25, 0.3) is 11.8 Å². The lowest BCUT2D eigenvalue weighted by molar-refractivity contribution is 0.0713. The van der Waals surface area contributed by atoms with Crippen molar-refractivity contribution >= 4 is 28.8 Å². The highest BCUT2D eigenvalue weighted by molar-refractivity contribution is 7.10. The van der Waals surface area contributed by atoms with Crippen LogP contribution in [-0.2, 0) is 12.8 Å². The van der Waals surface area contributed by atoms with Gasteiger partial charge in [-0.05, 0) is 93.5 Å². The average molecular weight is 490 g/mol. The normalized spacial score (nSPS) is 15.8. The molecule has 0 bridgehead atoms. The van der Waals surface area contributed by atoms with Gasteiger partial charge in [-0.2, -0.15) is 0 Å². The number of amides is 2. The molecule has 2 amide bonds. The number of thiazole rings is 1. The number of aryl methyl sites for hydroxylation is 2. The fraction of sp³-hybridized carbons (Fsp3) is 0.393. The quantitative estimate of drug-likeness (QED) is 0.483. The molecule has 35 heavy (non-hydrogen) atoms. The van der Waals surface area contributed by atoms with E-state index in [4.69, 9.17) is 4.74 Å². The zero-order chi connectivity index (χ0) is 24.4. The summed E-state index contributed by atoms with van der Waals surface area (Å²) in [6.07, 6.45) is 5.19. The summed E-state index contributed by atoms with van der Waals surface area (Å²) in [5.41, 5.74) is 4.71. The second kappa shape index (κ2) is 10.2. The lowest BCUT2D eigenvalue weighted by Crippen LogP contribution is -2.37. The van der Waals surface area contributed by atoms with Crippen molar-refractivity contribution in [2.24, 2.45) is 0 Å². The summed E-state index contributed by atoms with van der Waals surface area (Å²) in [5, 5.41) is 5.82. The summed E-state index contributed by atoms with van der Waals surface area (Å²) >= 11 is 1.54. The van der Waals surface area contributed by atoms with Crippen molar-refractivity contribution in [3.05, 3.63) is 75.2 Å². The number of likely N-dealkylation sites (tertiary alicyclic amines) is 1. The van der Waals surface area contributed by atoms with E-state index < -0.39 is 0 Å². The molecule has 7 heteroatoms. The Morgan fingerprint density at radius 1 is 1.06 bits per heavy atom. The van der Waals surface area contributed by atoms with Gasteiger partial charge in [0, 0.05) is 35.6 Å². The van der Waals surface area contributed by atoms with E-state index in [0.29, 0.717) is 24.3 Å². The van der Waals surface area contributed by atoms with Crippen molar-refractivity contribution in [2.75, 3.05) is 18.4 Å². The van der Waals surface area contributed by atoms with Gasteiger partial charge in [0.2, 0.25) is 0 Å². The molecule has 1 aliphatic carbocycles. The minimum atomic E-state index is -0.164. The highest BCUT2D eigenvalue weighted by Gasteiger charge is 2.27. The van der Waals surface area contributed by atoms with Crippen LogP contribution in [0.1, 0.15) is 76.0 Å².